The van der Waals surface area contributed by atoms with Crippen molar-refractivity contribution in [2.24, 2.45) is 5.73 Å². The van der Waals surface area contributed by atoms with Gasteiger partial charge >= 0.3 is 6.09 Å². The summed E-state index contributed by atoms with van der Waals surface area (Å²) in [5.41, 5.74) is 5.51. The van der Waals surface area contributed by atoms with Crippen LogP contribution in [-0.2, 0) is 4.74 Å². The lowest BCUT2D eigenvalue weighted by Gasteiger charge is -2.20. The van der Waals surface area contributed by atoms with E-state index < -0.39 is 11.7 Å². The summed E-state index contributed by atoms with van der Waals surface area (Å²) in [6.07, 6.45) is -0.597. The highest BCUT2D eigenvalue weighted by Gasteiger charge is 2.18. The van der Waals surface area contributed by atoms with E-state index in [1.165, 1.54) is 0 Å². The second-order valence-corrected chi connectivity index (χ2v) is 4.80. The highest BCUT2D eigenvalue weighted by Crippen LogP contribution is 2.17. The summed E-state index contributed by atoms with van der Waals surface area (Å²) in [6, 6.07) is 6.68. The summed E-state index contributed by atoms with van der Waals surface area (Å²) in [5.74, 6) is -0.235. The van der Waals surface area contributed by atoms with Gasteiger partial charge < -0.3 is 10.5 Å². The Balaban J connectivity index is 2.85. The molecule has 0 aliphatic rings. The molecule has 0 bridgehead atoms. The van der Waals surface area contributed by atoms with Crippen LogP contribution < -0.4 is 11.1 Å². The molecule has 0 unspecified atom stereocenters. The number of hydrogen-bond donors (Lipinski definition) is 2. The lowest BCUT2D eigenvalue weighted by atomic mass is 10.1. The fraction of sp³-hybridized carbons (Fsp3) is 0.385. The highest BCUT2D eigenvalue weighted by molar-refractivity contribution is 6.04. The van der Waals surface area contributed by atoms with Gasteiger partial charge in [0, 0.05) is 5.56 Å². The minimum absolute atomic E-state index is 0.104. The predicted molar refractivity (Wildman–Crippen MR) is 69.7 cm³/mol. The van der Waals surface area contributed by atoms with Crippen LogP contribution in [0.4, 0.5) is 10.5 Å². The Morgan fingerprint density at radius 2 is 1.89 bits per heavy atom. The van der Waals surface area contributed by atoms with Crippen LogP contribution in [0, 0.1) is 0 Å². The minimum atomic E-state index is -0.597. The number of nitrogens with two attached hydrogens (primary N) is 1. The third-order valence-electron chi connectivity index (χ3n) is 2.05. The van der Waals surface area contributed by atoms with Crippen molar-refractivity contribution in [2.45, 2.75) is 26.4 Å². The van der Waals surface area contributed by atoms with Crippen LogP contribution in [0.2, 0.25) is 0 Å². The largest absolute Gasteiger partial charge is 0.444 e. The molecule has 1 aromatic carbocycles. The summed E-state index contributed by atoms with van der Waals surface area (Å²) in [4.78, 5) is 23.2. The van der Waals surface area contributed by atoms with Crippen molar-refractivity contribution in [1.82, 2.24) is 0 Å². The number of para-hydroxylation sites is 1. The molecule has 0 atom stereocenters. The van der Waals surface area contributed by atoms with Gasteiger partial charge in [0.15, 0.2) is 5.78 Å². The van der Waals surface area contributed by atoms with E-state index in [9.17, 15) is 9.59 Å². The van der Waals surface area contributed by atoms with Gasteiger partial charge in [0.25, 0.3) is 0 Å². The van der Waals surface area contributed by atoms with Crippen LogP contribution in [0.3, 0.4) is 0 Å². The normalized spacial score (nSPS) is 10.9. The fourth-order valence-electron chi connectivity index (χ4n) is 1.36. The standard InChI is InChI=1S/C13H18N2O3/c1-13(2,3)18-12(17)15-10-7-5-4-6-9(10)11(16)8-14/h4-7H,8,14H2,1-3H3,(H,15,17). The van der Waals surface area contributed by atoms with E-state index in [0.29, 0.717) is 11.3 Å². The third-order valence-corrected chi connectivity index (χ3v) is 2.05. The Hall–Kier alpha value is -1.88. The molecule has 0 heterocycles. The van der Waals surface area contributed by atoms with Crippen molar-refractivity contribution < 1.29 is 14.3 Å². The minimum Gasteiger partial charge on any atom is -0.444 e. The zero-order valence-electron chi connectivity index (χ0n) is 10.8. The highest BCUT2D eigenvalue weighted by atomic mass is 16.6. The van der Waals surface area contributed by atoms with Gasteiger partial charge in [0.05, 0.1) is 12.2 Å². The molecule has 0 radical (unpaired) electrons. The number of anilines is 1. The molecule has 98 valence electrons. The summed E-state index contributed by atoms with van der Waals surface area (Å²) < 4.78 is 5.12. The van der Waals surface area contributed by atoms with Gasteiger partial charge in [-0.05, 0) is 32.9 Å². The number of Topliss-reactive ketones (excluding diaryl/α,β-unsaturated/α-hetero) is 1. The molecular formula is C13H18N2O3. The number of carbonyl (C=O) groups is 2. The van der Waals surface area contributed by atoms with E-state index in [4.69, 9.17) is 10.5 Å². The van der Waals surface area contributed by atoms with Crippen molar-refractivity contribution >= 4 is 17.6 Å². The van der Waals surface area contributed by atoms with E-state index >= 15 is 0 Å². The molecule has 3 N–H and O–H groups in total. The average molecular weight is 250 g/mol. The van der Waals surface area contributed by atoms with E-state index in [1.807, 2.05) is 0 Å². The number of benzene rings is 1. The maximum absolute atomic E-state index is 11.6. The van der Waals surface area contributed by atoms with Crippen LogP contribution in [0.5, 0.6) is 0 Å². The Morgan fingerprint density at radius 3 is 2.44 bits per heavy atom. The van der Waals surface area contributed by atoms with Crippen molar-refractivity contribution in [2.75, 3.05) is 11.9 Å². The fourth-order valence-corrected chi connectivity index (χ4v) is 1.36. The number of hydrogen-bond acceptors (Lipinski definition) is 4. The maximum atomic E-state index is 11.6. The topological polar surface area (TPSA) is 81.4 Å². The van der Waals surface area contributed by atoms with Crippen molar-refractivity contribution in [3.05, 3.63) is 29.8 Å². The molecule has 1 aromatic rings. The molecule has 18 heavy (non-hydrogen) atoms. The smallest absolute Gasteiger partial charge is 0.412 e. The van der Waals surface area contributed by atoms with Gasteiger partial charge in [-0.3, -0.25) is 10.1 Å². The van der Waals surface area contributed by atoms with E-state index in [2.05, 4.69) is 5.32 Å². The van der Waals surface area contributed by atoms with E-state index in [0.717, 1.165) is 0 Å². The molecule has 0 aromatic heterocycles. The first-order valence-corrected chi connectivity index (χ1v) is 5.66. The first-order chi connectivity index (χ1) is 8.33. The van der Waals surface area contributed by atoms with Gasteiger partial charge in [-0.15, -0.1) is 0 Å². The lowest BCUT2D eigenvalue weighted by molar-refractivity contribution is 0.0636. The van der Waals surface area contributed by atoms with Crippen LogP contribution >= 0.6 is 0 Å². The molecule has 5 heteroatoms. The summed E-state index contributed by atoms with van der Waals surface area (Å²) in [6.45, 7) is 5.20. The maximum Gasteiger partial charge on any atom is 0.412 e. The average Bonchev–Trinajstić information content (AvgIpc) is 2.26. The molecular weight excluding hydrogens is 232 g/mol. The second-order valence-electron chi connectivity index (χ2n) is 4.80. The first kappa shape index (κ1) is 14.2. The number of carbonyl (C=O) groups excluding carboxylic acids is 2. The quantitative estimate of drug-likeness (QED) is 0.805. The monoisotopic (exact) mass is 250 g/mol. The molecule has 0 saturated heterocycles. The Morgan fingerprint density at radius 1 is 1.28 bits per heavy atom. The van der Waals surface area contributed by atoms with E-state index in [1.54, 1.807) is 45.0 Å². The Kier molecular flexibility index (Phi) is 4.44. The van der Waals surface area contributed by atoms with Crippen LogP contribution in [0.25, 0.3) is 0 Å². The number of ether oxygens (including phenoxy) is 1. The SMILES string of the molecule is CC(C)(C)OC(=O)Nc1ccccc1C(=O)CN. The molecule has 5 nitrogen and oxygen atoms in total. The number of rotatable bonds is 3. The number of amides is 1. The molecule has 0 spiro atoms. The van der Waals surface area contributed by atoms with Gasteiger partial charge in [-0.2, -0.15) is 0 Å². The third kappa shape index (κ3) is 4.18. The number of nitrogens with one attached hydrogen (secondary N) is 1. The molecule has 0 saturated carbocycles. The van der Waals surface area contributed by atoms with Gasteiger partial charge in [0.2, 0.25) is 0 Å². The van der Waals surface area contributed by atoms with Gasteiger partial charge in [0.1, 0.15) is 5.60 Å². The van der Waals surface area contributed by atoms with E-state index in [-0.39, 0.29) is 12.3 Å². The Labute approximate surface area is 106 Å². The molecule has 0 fully saturated rings. The van der Waals surface area contributed by atoms with Crippen LogP contribution in [0.15, 0.2) is 24.3 Å². The lowest BCUT2D eigenvalue weighted by Crippen LogP contribution is -2.28. The zero-order chi connectivity index (χ0) is 13.8. The van der Waals surface area contributed by atoms with Gasteiger partial charge in [-0.1, -0.05) is 12.1 Å². The number of ketones is 1. The van der Waals surface area contributed by atoms with Crippen molar-refractivity contribution in [1.29, 1.82) is 0 Å². The summed E-state index contributed by atoms with van der Waals surface area (Å²) in [7, 11) is 0. The van der Waals surface area contributed by atoms with Crippen LogP contribution in [0.1, 0.15) is 31.1 Å². The first-order valence-electron chi connectivity index (χ1n) is 5.66. The molecule has 0 aliphatic heterocycles. The van der Waals surface area contributed by atoms with Crippen LogP contribution in [-0.4, -0.2) is 24.0 Å². The zero-order valence-corrected chi connectivity index (χ0v) is 10.8. The molecule has 1 rings (SSSR count). The summed E-state index contributed by atoms with van der Waals surface area (Å²) >= 11 is 0. The van der Waals surface area contributed by atoms with Crippen molar-refractivity contribution in [3.8, 4) is 0 Å². The van der Waals surface area contributed by atoms with Crippen molar-refractivity contribution in [3.63, 3.8) is 0 Å². The molecule has 0 aliphatic carbocycles. The predicted octanol–water partition coefficient (Wildman–Crippen LogP) is 2.17. The summed E-state index contributed by atoms with van der Waals surface area (Å²) in [5, 5.41) is 2.54. The second kappa shape index (κ2) is 5.64. The van der Waals surface area contributed by atoms with Gasteiger partial charge in [-0.25, -0.2) is 4.79 Å². The Bertz CT molecular complexity index is 450. The molecule has 1 amide bonds.